The summed E-state index contributed by atoms with van der Waals surface area (Å²) in [5.41, 5.74) is 1.10. The fourth-order valence-electron chi connectivity index (χ4n) is 1.20. The van der Waals surface area contributed by atoms with Gasteiger partial charge in [-0.1, -0.05) is 39.8 Å². The summed E-state index contributed by atoms with van der Waals surface area (Å²) in [6.45, 7) is 2.00. The molecule has 0 atom stereocenters. The van der Waals surface area contributed by atoms with Gasteiger partial charge in [0.15, 0.2) is 0 Å². The first-order chi connectivity index (χ1) is 8.71. The lowest BCUT2D eigenvalue weighted by Crippen LogP contribution is -2.21. The fourth-order valence-corrected chi connectivity index (χ4v) is 3.30. The summed E-state index contributed by atoms with van der Waals surface area (Å²) in [4.78, 5) is 12.2. The van der Waals surface area contributed by atoms with E-state index in [9.17, 15) is 4.79 Å². The number of carbonyl (C=O) groups is 1. The highest BCUT2D eigenvalue weighted by Gasteiger charge is 2.04. The Kier molecular flexibility index (Phi) is 7.15. The maximum atomic E-state index is 11.0. The maximum Gasteiger partial charge on any atom is 0.412 e. The molecule has 0 radical (unpaired) electrons. The van der Waals surface area contributed by atoms with Gasteiger partial charge in [0.25, 0.3) is 0 Å². The number of hydrogen-bond donors (Lipinski definition) is 2. The Balaban J connectivity index is 2.72. The molecular formula is C12H15NO2S3. The Labute approximate surface area is 121 Å². The van der Waals surface area contributed by atoms with Crippen LogP contribution in [0.1, 0.15) is 12.5 Å². The summed E-state index contributed by atoms with van der Waals surface area (Å²) in [5, 5.41) is 3.17. The van der Waals surface area contributed by atoms with E-state index in [1.165, 1.54) is 12.0 Å². The molecule has 6 heteroatoms. The third-order valence-corrected chi connectivity index (χ3v) is 5.05. The third-order valence-electron chi connectivity index (χ3n) is 2.02. The summed E-state index contributed by atoms with van der Waals surface area (Å²) in [6.07, 6.45) is 1.59. The van der Waals surface area contributed by atoms with E-state index >= 15 is 0 Å². The number of nitrogens with one attached hydrogen (secondary N) is 1. The van der Waals surface area contributed by atoms with Crippen molar-refractivity contribution in [2.24, 2.45) is 0 Å². The van der Waals surface area contributed by atoms with Crippen LogP contribution in [0.25, 0.3) is 4.91 Å². The van der Waals surface area contributed by atoms with Gasteiger partial charge in [0.2, 0.25) is 0 Å². The van der Waals surface area contributed by atoms with Crippen molar-refractivity contribution in [1.29, 1.82) is 0 Å². The molecule has 0 unspecified atom stereocenters. The smallest absolute Gasteiger partial charge is 0.410 e. The van der Waals surface area contributed by atoms with Crippen molar-refractivity contribution in [3.05, 3.63) is 35.9 Å². The monoisotopic (exact) mass is 301 g/mol. The number of amides is 1. The zero-order valence-electron chi connectivity index (χ0n) is 10.2. The third kappa shape index (κ3) is 4.88. The normalized spacial score (nSPS) is 11.2. The number of carbonyl (C=O) groups excluding carboxylic acids is 1. The highest BCUT2D eigenvalue weighted by atomic mass is 33.1. The lowest BCUT2D eigenvalue weighted by atomic mass is 10.2. The zero-order chi connectivity index (χ0) is 13.4. The van der Waals surface area contributed by atoms with Crippen molar-refractivity contribution in [3.63, 3.8) is 0 Å². The Morgan fingerprint density at radius 3 is 2.61 bits per heavy atom. The van der Waals surface area contributed by atoms with E-state index in [0.29, 0.717) is 5.75 Å². The van der Waals surface area contributed by atoms with Gasteiger partial charge in [0.1, 0.15) is 5.75 Å². The average Bonchev–Trinajstić information content (AvgIpc) is 2.41. The average molecular weight is 301 g/mol. The molecule has 0 spiro atoms. The molecule has 1 N–H and O–H groups in total. The van der Waals surface area contributed by atoms with E-state index in [1.807, 2.05) is 19.1 Å². The number of benzene rings is 1. The van der Waals surface area contributed by atoms with Crippen LogP contribution in [0.2, 0.25) is 0 Å². The van der Waals surface area contributed by atoms with Crippen molar-refractivity contribution < 1.29 is 9.53 Å². The molecule has 0 aliphatic carbocycles. The Hall–Kier alpha value is -0.720. The van der Waals surface area contributed by atoms with Gasteiger partial charge in [0.05, 0.1) is 0 Å². The first-order valence-electron chi connectivity index (χ1n) is 5.28. The second-order valence-corrected chi connectivity index (χ2v) is 6.23. The molecule has 3 nitrogen and oxygen atoms in total. The number of thiol groups is 1. The fraction of sp³-hybridized carbons (Fsp3) is 0.250. The summed E-state index contributed by atoms with van der Waals surface area (Å²) >= 11 is 4.16. The van der Waals surface area contributed by atoms with Crippen LogP contribution in [0.15, 0.2) is 30.3 Å². The molecule has 0 fully saturated rings. The van der Waals surface area contributed by atoms with Gasteiger partial charge in [-0.25, -0.2) is 4.79 Å². The van der Waals surface area contributed by atoms with Gasteiger partial charge in [-0.05, 0) is 24.6 Å². The molecule has 1 amide bonds. The second kappa shape index (κ2) is 8.39. The molecule has 1 aromatic carbocycles. The van der Waals surface area contributed by atoms with Crippen molar-refractivity contribution in [2.75, 3.05) is 12.1 Å². The molecule has 1 rings (SSSR count). The number of rotatable bonds is 5. The molecule has 0 aliphatic rings. The van der Waals surface area contributed by atoms with E-state index in [2.05, 4.69) is 24.0 Å². The summed E-state index contributed by atoms with van der Waals surface area (Å²) in [6, 6.07) is 7.42. The van der Waals surface area contributed by atoms with E-state index in [1.54, 1.807) is 33.7 Å². The van der Waals surface area contributed by atoms with Crippen LogP contribution in [0.5, 0.6) is 5.75 Å². The van der Waals surface area contributed by atoms with Crippen LogP contribution >= 0.6 is 34.2 Å². The topological polar surface area (TPSA) is 38.3 Å². The SMILES string of the molecule is C/C=C(\SSCS)c1ccc(OC(=O)NC)cc1. The van der Waals surface area contributed by atoms with Crippen molar-refractivity contribution in [2.45, 2.75) is 6.92 Å². The van der Waals surface area contributed by atoms with Crippen LogP contribution in [0.3, 0.4) is 0 Å². The lowest BCUT2D eigenvalue weighted by Gasteiger charge is -2.07. The first-order valence-corrected chi connectivity index (χ1v) is 8.23. The molecule has 1 aromatic rings. The Morgan fingerprint density at radius 1 is 1.44 bits per heavy atom. The van der Waals surface area contributed by atoms with E-state index in [-0.39, 0.29) is 0 Å². The van der Waals surface area contributed by atoms with Gasteiger partial charge >= 0.3 is 6.09 Å². The van der Waals surface area contributed by atoms with Gasteiger partial charge in [-0.3, -0.25) is 0 Å². The largest absolute Gasteiger partial charge is 0.412 e. The maximum absolute atomic E-state index is 11.0. The predicted octanol–water partition coefficient (Wildman–Crippen LogP) is 4.03. The minimum absolute atomic E-state index is 0.464. The van der Waals surface area contributed by atoms with E-state index in [4.69, 9.17) is 4.74 Å². The molecular weight excluding hydrogens is 286 g/mol. The van der Waals surface area contributed by atoms with Crippen LogP contribution in [0, 0.1) is 0 Å². The molecule has 0 bridgehead atoms. The molecule has 0 heterocycles. The quantitative estimate of drug-likeness (QED) is 0.489. The Bertz CT molecular complexity index is 418. The van der Waals surface area contributed by atoms with Crippen LogP contribution < -0.4 is 10.1 Å². The highest BCUT2D eigenvalue weighted by Crippen LogP contribution is 2.37. The minimum Gasteiger partial charge on any atom is -0.410 e. The molecule has 0 saturated heterocycles. The Morgan fingerprint density at radius 2 is 2.11 bits per heavy atom. The zero-order valence-corrected chi connectivity index (χ0v) is 12.7. The number of hydrogen-bond acceptors (Lipinski definition) is 5. The van der Waals surface area contributed by atoms with Crippen molar-refractivity contribution in [3.8, 4) is 5.75 Å². The van der Waals surface area contributed by atoms with Crippen molar-refractivity contribution >= 4 is 45.2 Å². The van der Waals surface area contributed by atoms with Crippen molar-refractivity contribution in [1.82, 2.24) is 5.32 Å². The number of ether oxygens (including phenoxy) is 1. The molecule has 0 aromatic heterocycles. The molecule has 0 saturated carbocycles. The summed E-state index contributed by atoms with van der Waals surface area (Å²) < 4.78 is 5.02. The summed E-state index contributed by atoms with van der Waals surface area (Å²) in [7, 11) is 4.88. The first kappa shape index (κ1) is 15.3. The van der Waals surface area contributed by atoms with Gasteiger partial charge in [-0.2, -0.15) is 12.6 Å². The minimum atomic E-state index is -0.464. The summed E-state index contributed by atoms with van der Waals surface area (Å²) in [5.74, 6) is 0.528. The standard InChI is InChI=1S/C12H15NO2S3/c1-3-11(18-17-8-16)9-4-6-10(7-5-9)15-12(14)13-2/h3-7,16H,8H2,1-2H3,(H,13,14)/b11-3-. The molecule has 0 aliphatic heterocycles. The highest BCUT2D eigenvalue weighted by molar-refractivity contribution is 8.81. The van der Waals surface area contributed by atoms with Crippen LogP contribution in [0.4, 0.5) is 4.79 Å². The van der Waals surface area contributed by atoms with Crippen LogP contribution in [-0.4, -0.2) is 18.2 Å². The number of allylic oxidation sites excluding steroid dienone is 1. The predicted molar refractivity (Wildman–Crippen MR) is 84.2 cm³/mol. The van der Waals surface area contributed by atoms with Gasteiger partial charge < -0.3 is 10.1 Å². The molecule has 98 valence electrons. The second-order valence-electron chi connectivity index (χ2n) is 3.15. The van der Waals surface area contributed by atoms with Crippen LogP contribution in [-0.2, 0) is 0 Å². The van der Waals surface area contributed by atoms with E-state index in [0.717, 1.165) is 10.6 Å². The van der Waals surface area contributed by atoms with Gasteiger partial charge in [0, 0.05) is 17.0 Å². The van der Waals surface area contributed by atoms with E-state index < -0.39 is 6.09 Å². The van der Waals surface area contributed by atoms with Gasteiger partial charge in [-0.15, -0.1) is 0 Å². The molecule has 18 heavy (non-hydrogen) atoms. The lowest BCUT2D eigenvalue weighted by molar-refractivity contribution is 0.203.